The van der Waals surface area contributed by atoms with Gasteiger partial charge in [-0.1, -0.05) is 70.1 Å². The molecule has 0 aliphatic heterocycles. The molecule has 2 aromatic rings. The molecule has 1 atom stereocenters. The van der Waals surface area contributed by atoms with Crippen LogP contribution in [0.2, 0.25) is 0 Å². The van der Waals surface area contributed by atoms with Crippen molar-refractivity contribution in [2.24, 2.45) is 5.92 Å². The van der Waals surface area contributed by atoms with Crippen LogP contribution in [0.25, 0.3) is 10.2 Å². The number of hydrogen-bond donors (Lipinski definition) is 1. The SMILES string of the molecule is CCCCCCCCCCN(C(=O)CC(C)C(=O)O)c1nc2c(F)c(F)cc(F)c2s1. The fourth-order valence-corrected chi connectivity index (χ4v) is 4.29. The molecule has 0 saturated heterocycles. The molecule has 0 bridgehead atoms. The molecule has 0 saturated carbocycles. The van der Waals surface area contributed by atoms with Crippen LogP contribution in [0.15, 0.2) is 6.07 Å². The predicted molar refractivity (Wildman–Crippen MR) is 116 cm³/mol. The van der Waals surface area contributed by atoms with Gasteiger partial charge >= 0.3 is 5.97 Å². The maximum absolute atomic E-state index is 14.1. The molecule has 1 heterocycles. The number of amides is 1. The smallest absolute Gasteiger partial charge is 0.306 e. The molecule has 1 N–H and O–H groups in total. The van der Waals surface area contributed by atoms with Crippen molar-refractivity contribution in [1.29, 1.82) is 0 Å². The van der Waals surface area contributed by atoms with E-state index in [2.05, 4.69) is 11.9 Å². The minimum absolute atomic E-state index is 0.0453. The second-order valence-electron chi connectivity index (χ2n) is 7.79. The van der Waals surface area contributed by atoms with Crippen LogP contribution in [-0.4, -0.2) is 28.5 Å². The Morgan fingerprint density at radius 2 is 1.68 bits per heavy atom. The van der Waals surface area contributed by atoms with Gasteiger partial charge in [0.1, 0.15) is 11.3 Å². The second kappa shape index (κ2) is 12.0. The summed E-state index contributed by atoms with van der Waals surface area (Å²) in [5, 5.41) is 9.16. The molecule has 0 fully saturated rings. The van der Waals surface area contributed by atoms with E-state index in [0.717, 1.165) is 37.0 Å². The van der Waals surface area contributed by atoms with Gasteiger partial charge in [0, 0.05) is 19.0 Å². The summed E-state index contributed by atoms with van der Waals surface area (Å²) in [7, 11) is 0. The number of halogens is 3. The number of anilines is 1. The molecule has 1 aromatic carbocycles. The van der Waals surface area contributed by atoms with Crippen molar-refractivity contribution in [2.45, 2.75) is 71.6 Å². The Morgan fingerprint density at radius 3 is 2.29 bits per heavy atom. The summed E-state index contributed by atoms with van der Waals surface area (Å²) >= 11 is 0.761. The normalized spacial score (nSPS) is 12.3. The van der Waals surface area contributed by atoms with E-state index in [9.17, 15) is 22.8 Å². The van der Waals surface area contributed by atoms with Crippen molar-refractivity contribution in [3.05, 3.63) is 23.5 Å². The molecule has 0 aliphatic rings. The Kier molecular flexibility index (Phi) is 9.74. The van der Waals surface area contributed by atoms with E-state index in [0.29, 0.717) is 12.5 Å². The molecule has 31 heavy (non-hydrogen) atoms. The lowest BCUT2D eigenvalue weighted by molar-refractivity contribution is -0.143. The summed E-state index contributed by atoms with van der Waals surface area (Å²) in [5.74, 6) is -6.06. The lowest BCUT2D eigenvalue weighted by atomic mass is 10.1. The predicted octanol–water partition coefficient (Wildman–Crippen LogP) is 6.30. The third-order valence-corrected chi connectivity index (χ3v) is 6.26. The van der Waals surface area contributed by atoms with Crippen molar-refractivity contribution < 1.29 is 27.9 Å². The molecule has 0 spiro atoms. The number of aromatic nitrogens is 1. The zero-order chi connectivity index (χ0) is 23.0. The topological polar surface area (TPSA) is 70.5 Å². The summed E-state index contributed by atoms with van der Waals surface area (Å²) in [6, 6.07) is 0.455. The molecule has 9 heteroatoms. The molecule has 1 aromatic heterocycles. The highest BCUT2D eigenvalue weighted by Gasteiger charge is 2.26. The number of hydrogen-bond acceptors (Lipinski definition) is 4. The van der Waals surface area contributed by atoms with Gasteiger partial charge in [-0.2, -0.15) is 0 Å². The van der Waals surface area contributed by atoms with Gasteiger partial charge in [0.05, 0.1) is 10.6 Å². The third-order valence-electron chi connectivity index (χ3n) is 5.17. The molecular weight excluding hydrogens is 429 g/mol. The minimum atomic E-state index is -1.35. The highest BCUT2D eigenvalue weighted by atomic mass is 32.1. The molecular formula is C22H29F3N2O3S. The summed E-state index contributed by atoms with van der Waals surface area (Å²) in [4.78, 5) is 29.2. The van der Waals surface area contributed by atoms with Crippen molar-refractivity contribution in [3.63, 3.8) is 0 Å². The van der Waals surface area contributed by atoms with Crippen molar-refractivity contribution >= 4 is 38.6 Å². The second-order valence-corrected chi connectivity index (χ2v) is 8.77. The number of carboxylic acids is 1. The molecule has 5 nitrogen and oxygen atoms in total. The fraction of sp³-hybridized carbons (Fsp3) is 0.591. The third kappa shape index (κ3) is 6.92. The highest BCUT2D eigenvalue weighted by molar-refractivity contribution is 7.22. The first-order chi connectivity index (χ1) is 14.8. The van der Waals surface area contributed by atoms with Crippen molar-refractivity contribution in [1.82, 2.24) is 4.98 Å². The van der Waals surface area contributed by atoms with Crippen molar-refractivity contribution in [3.8, 4) is 0 Å². The fourth-order valence-electron chi connectivity index (χ4n) is 3.28. The number of aliphatic carboxylic acids is 1. The number of rotatable bonds is 13. The van der Waals surface area contributed by atoms with Crippen LogP contribution >= 0.6 is 11.3 Å². The van der Waals surface area contributed by atoms with Crippen molar-refractivity contribution in [2.75, 3.05) is 11.4 Å². The Hall–Kier alpha value is -2.16. The number of thiazole rings is 1. The molecule has 0 radical (unpaired) electrons. The summed E-state index contributed by atoms with van der Waals surface area (Å²) < 4.78 is 41.5. The quantitative estimate of drug-likeness (QED) is 0.283. The van der Waals surface area contributed by atoms with E-state index in [4.69, 9.17) is 5.11 Å². The Labute approximate surface area is 184 Å². The van der Waals surface area contributed by atoms with Crippen LogP contribution in [0.3, 0.4) is 0 Å². The number of carboxylic acid groups (broad SMARTS) is 1. The van der Waals surface area contributed by atoms with Crippen LogP contribution < -0.4 is 4.90 Å². The van der Waals surface area contributed by atoms with Crippen LogP contribution in [0, 0.1) is 23.4 Å². The minimum Gasteiger partial charge on any atom is -0.481 e. The Morgan fingerprint density at radius 1 is 1.06 bits per heavy atom. The van der Waals surface area contributed by atoms with E-state index in [1.54, 1.807) is 0 Å². The van der Waals surface area contributed by atoms with E-state index in [-0.39, 0.29) is 22.8 Å². The van der Waals surface area contributed by atoms with Crippen LogP contribution in [0.1, 0.15) is 71.6 Å². The van der Waals surface area contributed by atoms with E-state index >= 15 is 0 Å². The molecule has 2 rings (SSSR count). The number of carbonyl (C=O) groups is 2. The Bertz CT molecular complexity index is 904. The van der Waals surface area contributed by atoms with Gasteiger partial charge in [0.15, 0.2) is 16.8 Å². The van der Waals surface area contributed by atoms with Gasteiger partial charge in [0.25, 0.3) is 0 Å². The van der Waals surface area contributed by atoms with Gasteiger partial charge < -0.3 is 5.11 Å². The van der Waals surface area contributed by atoms with Gasteiger partial charge in [0.2, 0.25) is 5.91 Å². The summed E-state index contributed by atoms with van der Waals surface area (Å²) in [5.41, 5.74) is -0.461. The molecule has 1 unspecified atom stereocenters. The van der Waals surface area contributed by atoms with Crippen LogP contribution in [0.5, 0.6) is 0 Å². The summed E-state index contributed by atoms with van der Waals surface area (Å²) in [6.45, 7) is 3.83. The number of carbonyl (C=O) groups excluding carboxylic acids is 1. The average Bonchev–Trinajstić information content (AvgIpc) is 3.16. The first kappa shape index (κ1) is 25.1. The van der Waals surface area contributed by atoms with Gasteiger partial charge in [-0.3, -0.25) is 14.5 Å². The number of benzene rings is 1. The number of nitrogens with zero attached hydrogens (tertiary/aromatic N) is 2. The average molecular weight is 459 g/mol. The zero-order valence-corrected chi connectivity index (χ0v) is 18.7. The highest BCUT2D eigenvalue weighted by Crippen LogP contribution is 2.34. The molecule has 172 valence electrons. The van der Waals surface area contributed by atoms with Crippen LogP contribution in [-0.2, 0) is 9.59 Å². The lowest BCUT2D eigenvalue weighted by Gasteiger charge is -2.21. The maximum Gasteiger partial charge on any atom is 0.306 e. The van der Waals surface area contributed by atoms with E-state index in [1.165, 1.54) is 31.1 Å². The number of fused-ring (bicyclic) bond motifs is 1. The van der Waals surface area contributed by atoms with Gasteiger partial charge in [-0.05, 0) is 6.42 Å². The molecule has 1 amide bonds. The van der Waals surface area contributed by atoms with Gasteiger partial charge in [-0.15, -0.1) is 0 Å². The monoisotopic (exact) mass is 458 g/mol. The van der Waals surface area contributed by atoms with Gasteiger partial charge in [-0.25, -0.2) is 18.2 Å². The Balaban J connectivity index is 2.13. The lowest BCUT2D eigenvalue weighted by Crippen LogP contribution is -2.34. The first-order valence-corrected chi connectivity index (χ1v) is 11.5. The first-order valence-electron chi connectivity index (χ1n) is 10.7. The van der Waals surface area contributed by atoms with E-state index < -0.39 is 40.8 Å². The summed E-state index contributed by atoms with van der Waals surface area (Å²) in [6.07, 6.45) is 8.12. The van der Waals surface area contributed by atoms with Crippen LogP contribution in [0.4, 0.5) is 18.3 Å². The zero-order valence-electron chi connectivity index (χ0n) is 17.9. The largest absolute Gasteiger partial charge is 0.481 e. The standard InChI is InChI=1S/C22H29F3N2O3S/c1-3-4-5-6-7-8-9-10-11-27(17(28)12-14(2)21(29)30)22-26-19-18(25)15(23)13-16(24)20(19)31-22/h13-14H,3-12H2,1-2H3,(H,29,30). The molecule has 0 aliphatic carbocycles. The maximum atomic E-state index is 14.1. The van der Waals surface area contributed by atoms with E-state index in [1.807, 2.05) is 0 Å². The number of unbranched alkanes of at least 4 members (excludes halogenated alkanes) is 7.